The molecule has 3 aliphatic rings. The van der Waals surface area contributed by atoms with Crippen molar-refractivity contribution in [1.29, 1.82) is 0 Å². The molecule has 2 saturated heterocycles. The number of carbonyl (C=O) groups excluding carboxylic acids is 1. The number of hydrogen-bond acceptors (Lipinski definition) is 4. The Bertz CT molecular complexity index is 625. The van der Waals surface area contributed by atoms with E-state index in [4.69, 9.17) is 9.47 Å². The molecule has 0 aromatic heterocycles. The molecule has 5 nitrogen and oxygen atoms in total. The second kappa shape index (κ2) is 8.49. The first-order valence-corrected chi connectivity index (χ1v) is 9.62. The molecule has 2 fully saturated rings. The van der Waals surface area contributed by atoms with Crippen LogP contribution in [0, 0.1) is 17.8 Å². The van der Waals surface area contributed by atoms with Gasteiger partial charge in [-0.3, -0.25) is 4.79 Å². The summed E-state index contributed by atoms with van der Waals surface area (Å²) in [5.74, 6) is 3.43. The number of ether oxygens (including phenoxy) is 2. The highest BCUT2D eigenvalue weighted by Crippen LogP contribution is 2.33. The summed E-state index contributed by atoms with van der Waals surface area (Å²) >= 11 is 0. The number of nitrogens with one attached hydrogen (secondary N) is 1. The number of fused-ring (bicyclic) bond motifs is 2. The zero-order chi connectivity index (χ0) is 17.2. The molecule has 1 N–H and O–H groups in total. The Kier molecular flexibility index (Phi) is 6.30. The largest absolute Gasteiger partial charge is 0.494 e. The minimum Gasteiger partial charge on any atom is -0.494 e. The van der Waals surface area contributed by atoms with Gasteiger partial charge in [-0.2, -0.15) is 0 Å². The summed E-state index contributed by atoms with van der Waals surface area (Å²) in [4.78, 5) is 15.1. The van der Waals surface area contributed by atoms with Gasteiger partial charge in [0.15, 0.2) is 0 Å². The van der Waals surface area contributed by atoms with Gasteiger partial charge >= 0.3 is 0 Å². The van der Waals surface area contributed by atoms with Crippen LogP contribution >= 0.6 is 12.4 Å². The second-order valence-electron chi connectivity index (χ2n) is 7.50. The highest BCUT2D eigenvalue weighted by Gasteiger charge is 2.35. The molecule has 1 aromatic rings. The summed E-state index contributed by atoms with van der Waals surface area (Å²) < 4.78 is 11.5. The molecule has 3 aliphatic heterocycles. The lowest BCUT2D eigenvalue weighted by Gasteiger charge is -2.30. The van der Waals surface area contributed by atoms with Crippen molar-refractivity contribution in [3.8, 4) is 11.5 Å². The van der Waals surface area contributed by atoms with E-state index in [1.807, 2.05) is 25.1 Å². The average molecular weight is 381 g/mol. The summed E-state index contributed by atoms with van der Waals surface area (Å²) in [6.45, 7) is 7.14. The second-order valence-corrected chi connectivity index (χ2v) is 7.50. The minimum absolute atomic E-state index is 0. The van der Waals surface area contributed by atoms with Crippen LogP contribution in [0.4, 0.5) is 0 Å². The average Bonchev–Trinajstić information content (AvgIpc) is 2.99. The Balaban J connectivity index is 0.00000196. The first-order chi connectivity index (χ1) is 12.2. The fraction of sp³-hybridized carbons (Fsp3) is 0.650. The number of rotatable bonds is 3. The predicted octanol–water partition coefficient (Wildman–Crippen LogP) is 2.52. The molecule has 1 amide bonds. The first-order valence-electron chi connectivity index (χ1n) is 9.62. The first kappa shape index (κ1) is 19.3. The fourth-order valence-electron chi connectivity index (χ4n) is 4.48. The maximum Gasteiger partial charge on any atom is 0.229 e. The quantitative estimate of drug-likeness (QED) is 0.875. The molecule has 0 bridgehead atoms. The molecule has 4 rings (SSSR count). The highest BCUT2D eigenvalue weighted by atomic mass is 35.5. The standard InChI is InChI=1S/C20H28N2O3.ClH/c1-2-24-18-3-4-19-16(10-18)9-17(13-25-19)20(23)22-7-5-14-11-21-12-15(14)6-8-22;/h3-4,10,14-15,17,21H,2,5-9,11-13H2,1H3;1H/t14-,15+,17?;. The van der Waals surface area contributed by atoms with Crippen LogP contribution in [0.25, 0.3) is 0 Å². The van der Waals surface area contributed by atoms with Crippen molar-refractivity contribution in [3.63, 3.8) is 0 Å². The van der Waals surface area contributed by atoms with E-state index in [9.17, 15) is 4.79 Å². The number of halogens is 1. The Morgan fingerprint density at radius 3 is 2.69 bits per heavy atom. The molecule has 6 heteroatoms. The van der Waals surface area contributed by atoms with Gasteiger partial charge in [-0.1, -0.05) is 0 Å². The highest BCUT2D eigenvalue weighted by molar-refractivity contribution is 5.85. The Morgan fingerprint density at radius 2 is 2.00 bits per heavy atom. The maximum atomic E-state index is 13.0. The molecule has 144 valence electrons. The molecule has 3 atom stereocenters. The monoisotopic (exact) mass is 380 g/mol. The Labute approximate surface area is 161 Å². The SMILES string of the molecule is CCOc1ccc2c(c1)CC(C(=O)N1CC[C@@H]3CNC[C@@H]3CC1)CO2.Cl. The van der Waals surface area contributed by atoms with E-state index in [1.54, 1.807) is 0 Å². The van der Waals surface area contributed by atoms with E-state index < -0.39 is 0 Å². The molecule has 0 radical (unpaired) electrons. The van der Waals surface area contributed by atoms with Crippen molar-refractivity contribution >= 4 is 18.3 Å². The van der Waals surface area contributed by atoms with Crippen LogP contribution < -0.4 is 14.8 Å². The van der Waals surface area contributed by atoms with Crippen LogP contribution in [-0.2, 0) is 11.2 Å². The lowest BCUT2D eigenvalue weighted by Crippen LogP contribution is -2.41. The maximum absolute atomic E-state index is 13.0. The third kappa shape index (κ3) is 3.94. The molecule has 26 heavy (non-hydrogen) atoms. The van der Waals surface area contributed by atoms with E-state index in [1.165, 1.54) is 0 Å². The summed E-state index contributed by atoms with van der Waals surface area (Å²) in [5.41, 5.74) is 1.09. The van der Waals surface area contributed by atoms with Gasteiger partial charge in [-0.25, -0.2) is 0 Å². The van der Waals surface area contributed by atoms with E-state index in [0.29, 0.717) is 13.2 Å². The van der Waals surface area contributed by atoms with Crippen molar-refractivity contribution in [2.45, 2.75) is 26.2 Å². The van der Waals surface area contributed by atoms with Crippen molar-refractivity contribution in [2.24, 2.45) is 17.8 Å². The zero-order valence-corrected chi connectivity index (χ0v) is 16.2. The summed E-state index contributed by atoms with van der Waals surface area (Å²) in [5, 5.41) is 3.49. The van der Waals surface area contributed by atoms with E-state index in [2.05, 4.69) is 10.2 Å². The van der Waals surface area contributed by atoms with E-state index in [0.717, 1.165) is 74.3 Å². The van der Waals surface area contributed by atoms with Gasteiger partial charge < -0.3 is 19.7 Å². The molecule has 0 saturated carbocycles. The van der Waals surface area contributed by atoms with E-state index in [-0.39, 0.29) is 24.2 Å². The van der Waals surface area contributed by atoms with Gasteiger partial charge in [0, 0.05) is 13.1 Å². The molecule has 1 unspecified atom stereocenters. The molecular formula is C20H29ClN2O3. The zero-order valence-electron chi connectivity index (χ0n) is 15.4. The summed E-state index contributed by atoms with van der Waals surface area (Å²) in [6.07, 6.45) is 3.00. The number of likely N-dealkylation sites (tertiary alicyclic amines) is 1. The van der Waals surface area contributed by atoms with Crippen LogP contribution in [0.5, 0.6) is 11.5 Å². The van der Waals surface area contributed by atoms with Crippen molar-refractivity contribution < 1.29 is 14.3 Å². The fourth-order valence-corrected chi connectivity index (χ4v) is 4.48. The third-order valence-corrected chi connectivity index (χ3v) is 5.93. The molecular weight excluding hydrogens is 352 g/mol. The predicted molar refractivity (Wildman–Crippen MR) is 103 cm³/mol. The van der Waals surface area contributed by atoms with Crippen molar-refractivity contribution in [1.82, 2.24) is 10.2 Å². The summed E-state index contributed by atoms with van der Waals surface area (Å²) in [6, 6.07) is 5.92. The van der Waals surface area contributed by atoms with Crippen molar-refractivity contribution in [2.75, 3.05) is 39.4 Å². The number of hydrogen-bond donors (Lipinski definition) is 1. The third-order valence-electron chi connectivity index (χ3n) is 5.93. The van der Waals surface area contributed by atoms with Gasteiger partial charge in [0.2, 0.25) is 5.91 Å². The number of carbonyl (C=O) groups is 1. The summed E-state index contributed by atoms with van der Waals surface area (Å²) in [7, 11) is 0. The minimum atomic E-state index is -0.0690. The van der Waals surface area contributed by atoms with Crippen LogP contribution in [-0.4, -0.2) is 50.2 Å². The number of nitrogens with zero attached hydrogens (tertiary/aromatic N) is 1. The number of amides is 1. The van der Waals surface area contributed by atoms with Crippen LogP contribution in [0.2, 0.25) is 0 Å². The smallest absolute Gasteiger partial charge is 0.229 e. The number of benzene rings is 1. The Morgan fingerprint density at radius 1 is 1.27 bits per heavy atom. The van der Waals surface area contributed by atoms with Crippen LogP contribution in [0.15, 0.2) is 18.2 Å². The molecule has 0 spiro atoms. The Hall–Kier alpha value is -1.46. The lowest BCUT2D eigenvalue weighted by atomic mass is 9.92. The topological polar surface area (TPSA) is 50.8 Å². The molecule has 0 aliphatic carbocycles. The van der Waals surface area contributed by atoms with Crippen LogP contribution in [0.1, 0.15) is 25.3 Å². The molecule has 3 heterocycles. The molecule has 1 aromatic carbocycles. The lowest BCUT2D eigenvalue weighted by molar-refractivity contribution is -0.136. The van der Waals surface area contributed by atoms with Gasteiger partial charge in [-0.15, -0.1) is 12.4 Å². The van der Waals surface area contributed by atoms with Crippen LogP contribution in [0.3, 0.4) is 0 Å². The van der Waals surface area contributed by atoms with Gasteiger partial charge in [-0.05, 0) is 74.9 Å². The normalized spacial score (nSPS) is 27.4. The van der Waals surface area contributed by atoms with E-state index >= 15 is 0 Å². The van der Waals surface area contributed by atoms with Gasteiger partial charge in [0.05, 0.1) is 12.5 Å². The van der Waals surface area contributed by atoms with Gasteiger partial charge in [0.1, 0.15) is 18.1 Å². The van der Waals surface area contributed by atoms with Crippen molar-refractivity contribution in [3.05, 3.63) is 23.8 Å². The van der Waals surface area contributed by atoms with Gasteiger partial charge in [0.25, 0.3) is 0 Å².